The Morgan fingerprint density at radius 2 is 1.71 bits per heavy atom. The third-order valence-electron chi connectivity index (χ3n) is 2.62. The molecule has 0 bridgehead atoms. The van der Waals surface area contributed by atoms with Gasteiger partial charge in [0.25, 0.3) is 0 Å². The topological polar surface area (TPSA) is 32.5 Å². The highest BCUT2D eigenvalue weighted by Crippen LogP contribution is 2.06. The summed E-state index contributed by atoms with van der Waals surface area (Å²) in [5.41, 5.74) is 7.78. The summed E-state index contributed by atoms with van der Waals surface area (Å²) in [5, 5.41) is 0. The van der Waals surface area contributed by atoms with Gasteiger partial charge in [0, 0.05) is 25.2 Å². The van der Waals surface area contributed by atoms with Crippen molar-refractivity contribution in [1.82, 2.24) is 9.80 Å². The highest BCUT2D eigenvalue weighted by Gasteiger charge is 2.02. The van der Waals surface area contributed by atoms with Gasteiger partial charge >= 0.3 is 0 Å². The molecule has 1 aromatic rings. The Bertz CT molecular complexity index is 359. The first-order valence-electron chi connectivity index (χ1n) is 5.71. The van der Waals surface area contributed by atoms with E-state index in [2.05, 4.69) is 43.1 Å². The molecule has 0 atom stereocenters. The Labute approximate surface area is 109 Å². The zero-order chi connectivity index (χ0) is 12.8. The van der Waals surface area contributed by atoms with Gasteiger partial charge in [-0.25, -0.2) is 0 Å². The Morgan fingerprint density at radius 1 is 1.12 bits per heavy atom. The molecule has 0 amide bonds. The Balaban J connectivity index is 2.48. The largest absolute Gasteiger partial charge is 0.389 e. The third-order valence-corrected chi connectivity index (χ3v) is 2.86. The summed E-state index contributed by atoms with van der Waals surface area (Å²) in [6, 6.07) is 8.14. The van der Waals surface area contributed by atoms with Gasteiger partial charge in [-0.3, -0.25) is 0 Å². The Kier molecular flexibility index (Phi) is 5.55. The van der Waals surface area contributed by atoms with Gasteiger partial charge in [-0.15, -0.1) is 0 Å². The first-order valence-corrected chi connectivity index (χ1v) is 6.12. The van der Waals surface area contributed by atoms with Crippen LogP contribution in [0.3, 0.4) is 0 Å². The molecule has 0 saturated heterocycles. The lowest BCUT2D eigenvalue weighted by molar-refractivity contribution is 0.276. The number of likely N-dealkylation sites (N-methyl/N-ethyl adjacent to an activating group) is 2. The number of rotatable bonds is 6. The molecule has 3 nitrogen and oxygen atoms in total. The van der Waals surface area contributed by atoms with Crippen LogP contribution in [0.5, 0.6) is 0 Å². The summed E-state index contributed by atoms with van der Waals surface area (Å²) < 4.78 is 0. The van der Waals surface area contributed by atoms with Crippen molar-refractivity contribution in [2.45, 2.75) is 6.54 Å². The quantitative estimate of drug-likeness (QED) is 0.773. The van der Waals surface area contributed by atoms with E-state index in [4.69, 9.17) is 18.0 Å². The van der Waals surface area contributed by atoms with Gasteiger partial charge in [-0.05, 0) is 26.7 Å². The molecule has 0 aromatic heterocycles. The maximum atomic E-state index is 5.56. The van der Waals surface area contributed by atoms with E-state index in [1.54, 1.807) is 0 Å². The van der Waals surface area contributed by atoms with Gasteiger partial charge in [-0.1, -0.05) is 36.5 Å². The molecule has 0 spiro atoms. The highest BCUT2D eigenvalue weighted by atomic mass is 32.1. The molecule has 17 heavy (non-hydrogen) atoms. The number of hydrogen-bond donors (Lipinski definition) is 1. The van der Waals surface area contributed by atoms with E-state index in [-0.39, 0.29) is 0 Å². The molecule has 1 aromatic carbocycles. The van der Waals surface area contributed by atoms with Gasteiger partial charge in [0.1, 0.15) is 4.99 Å². The predicted octanol–water partition coefficient (Wildman–Crippen LogP) is 1.31. The third kappa shape index (κ3) is 5.26. The van der Waals surface area contributed by atoms with Crippen molar-refractivity contribution in [2.24, 2.45) is 5.73 Å². The van der Waals surface area contributed by atoms with Gasteiger partial charge in [-0.2, -0.15) is 0 Å². The van der Waals surface area contributed by atoms with Crippen LogP contribution in [0.15, 0.2) is 24.3 Å². The van der Waals surface area contributed by atoms with E-state index in [0.29, 0.717) is 4.99 Å². The number of nitrogens with two attached hydrogens (primary N) is 1. The fourth-order valence-corrected chi connectivity index (χ4v) is 1.67. The van der Waals surface area contributed by atoms with Crippen LogP contribution in [0.1, 0.15) is 11.1 Å². The Morgan fingerprint density at radius 3 is 2.18 bits per heavy atom. The molecule has 94 valence electrons. The molecular formula is C13H21N3S. The summed E-state index contributed by atoms with van der Waals surface area (Å²) in [5.74, 6) is 0. The molecule has 0 aliphatic heterocycles. The van der Waals surface area contributed by atoms with Crippen LogP contribution in [0.4, 0.5) is 0 Å². The second-order valence-electron chi connectivity index (χ2n) is 4.60. The molecule has 4 heteroatoms. The zero-order valence-corrected chi connectivity index (χ0v) is 11.6. The average Bonchev–Trinajstić information content (AvgIpc) is 2.27. The molecular weight excluding hydrogens is 230 g/mol. The lowest BCUT2D eigenvalue weighted by atomic mass is 10.1. The number of thiocarbonyl (C=S) groups is 1. The first-order chi connectivity index (χ1) is 7.99. The van der Waals surface area contributed by atoms with Crippen molar-refractivity contribution >= 4 is 17.2 Å². The van der Waals surface area contributed by atoms with Gasteiger partial charge in [0.05, 0.1) is 0 Å². The molecule has 0 aliphatic rings. The molecule has 0 unspecified atom stereocenters. The molecule has 0 saturated carbocycles. The summed E-state index contributed by atoms with van der Waals surface area (Å²) >= 11 is 4.93. The van der Waals surface area contributed by atoms with Crippen LogP contribution in [-0.2, 0) is 6.54 Å². The summed E-state index contributed by atoms with van der Waals surface area (Å²) in [4.78, 5) is 4.94. The van der Waals surface area contributed by atoms with Crippen LogP contribution in [-0.4, -0.2) is 49.0 Å². The van der Waals surface area contributed by atoms with E-state index < -0.39 is 0 Å². The summed E-state index contributed by atoms with van der Waals surface area (Å²) in [6.07, 6.45) is 0. The lowest BCUT2D eigenvalue weighted by Gasteiger charge is -2.19. The second-order valence-corrected chi connectivity index (χ2v) is 5.04. The van der Waals surface area contributed by atoms with Gasteiger partial charge in [0.2, 0.25) is 0 Å². The number of hydrogen-bond acceptors (Lipinski definition) is 3. The zero-order valence-electron chi connectivity index (χ0n) is 10.8. The van der Waals surface area contributed by atoms with Crippen LogP contribution >= 0.6 is 12.2 Å². The van der Waals surface area contributed by atoms with Crippen LogP contribution in [0.25, 0.3) is 0 Å². The van der Waals surface area contributed by atoms with Crippen molar-refractivity contribution in [2.75, 3.05) is 34.2 Å². The average molecular weight is 251 g/mol. The van der Waals surface area contributed by atoms with Gasteiger partial charge < -0.3 is 15.5 Å². The summed E-state index contributed by atoms with van der Waals surface area (Å²) in [7, 11) is 6.31. The highest BCUT2D eigenvalue weighted by molar-refractivity contribution is 7.80. The fourth-order valence-electron chi connectivity index (χ4n) is 1.54. The van der Waals surface area contributed by atoms with E-state index in [0.717, 1.165) is 25.2 Å². The van der Waals surface area contributed by atoms with Crippen molar-refractivity contribution in [3.63, 3.8) is 0 Å². The molecule has 0 aliphatic carbocycles. The molecule has 2 N–H and O–H groups in total. The molecule has 0 heterocycles. The summed E-state index contributed by atoms with van der Waals surface area (Å²) in [6.45, 7) is 3.08. The van der Waals surface area contributed by atoms with Crippen molar-refractivity contribution < 1.29 is 0 Å². The van der Waals surface area contributed by atoms with Crippen LogP contribution in [0, 0.1) is 0 Å². The van der Waals surface area contributed by atoms with Gasteiger partial charge in [0.15, 0.2) is 0 Å². The maximum absolute atomic E-state index is 5.56. The van der Waals surface area contributed by atoms with E-state index in [1.165, 1.54) is 5.56 Å². The van der Waals surface area contributed by atoms with Crippen LogP contribution < -0.4 is 5.73 Å². The van der Waals surface area contributed by atoms with E-state index >= 15 is 0 Å². The van der Waals surface area contributed by atoms with Crippen molar-refractivity contribution in [3.05, 3.63) is 35.4 Å². The minimum atomic E-state index is 0.456. The number of nitrogens with zero attached hydrogens (tertiary/aromatic N) is 2. The van der Waals surface area contributed by atoms with Crippen molar-refractivity contribution in [3.8, 4) is 0 Å². The second kappa shape index (κ2) is 6.69. The minimum Gasteiger partial charge on any atom is -0.389 e. The fraction of sp³-hybridized carbons (Fsp3) is 0.462. The predicted molar refractivity (Wildman–Crippen MR) is 77.2 cm³/mol. The van der Waals surface area contributed by atoms with Crippen molar-refractivity contribution in [1.29, 1.82) is 0 Å². The molecule has 1 rings (SSSR count). The van der Waals surface area contributed by atoms with E-state index in [1.807, 2.05) is 12.1 Å². The molecule has 0 fully saturated rings. The normalized spacial score (nSPS) is 11.1. The standard InChI is InChI=1S/C13H21N3S/c1-15(2)8-9-16(3)10-11-4-6-12(7-5-11)13(14)17/h4-7H,8-10H2,1-3H3,(H2,14,17). The first kappa shape index (κ1) is 14.1. The maximum Gasteiger partial charge on any atom is 0.103 e. The SMILES string of the molecule is CN(C)CCN(C)Cc1ccc(C(N)=S)cc1. The minimum absolute atomic E-state index is 0.456. The lowest BCUT2D eigenvalue weighted by Crippen LogP contribution is -2.28. The smallest absolute Gasteiger partial charge is 0.103 e. The number of benzene rings is 1. The monoisotopic (exact) mass is 251 g/mol. The Hall–Kier alpha value is -0.970. The van der Waals surface area contributed by atoms with Crippen LogP contribution in [0.2, 0.25) is 0 Å². The molecule has 0 radical (unpaired) electrons. The van der Waals surface area contributed by atoms with E-state index in [9.17, 15) is 0 Å².